The summed E-state index contributed by atoms with van der Waals surface area (Å²) < 4.78 is 3.47. The Hall–Kier alpha value is 0.270. The van der Waals surface area contributed by atoms with Crippen LogP contribution in [-0.4, -0.2) is 36.3 Å². The maximum atomic E-state index is 3.47. The largest absolute Gasteiger partial charge is 0.301 e. The molecule has 0 aromatic rings. The Labute approximate surface area is 86.6 Å². The van der Waals surface area contributed by atoms with Gasteiger partial charge in [0.15, 0.2) is 0 Å². The molecule has 1 aliphatic rings. The Morgan fingerprint density at radius 3 is 2.69 bits per heavy atom. The molecule has 1 unspecified atom stereocenters. The zero-order chi connectivity index (χ0) is 9.68. The van der Waals surface area contributed by atoms with Gasteiger partial charge >= 0.3 is 0 Å². The summed E-state index contributed by atoms with van der Waals surface area (Å²) in [7, 11) is 0. The van der Waals surface area contributed by atoms with Crippen molar-refractivity contribution in [2.24, 2.45) is 0 Å². The lowest BCUT2D eigenvalue weighted by atomic mass is 10.1. The molecule has 1 fully saturated rings. The van der Waals surface area contributed by atoms with E-state index in [1.165, 1.54) is 32.4 Å². The molecule has 1 N–H and O–H groups in total. The van der Waals surface area contributed by atoms with Crippen molar-refractivity contribution < 1.29 is 0 Å². The number of likely N-dealkylation sites (tertiary alicyclic amines) is 1. The van der Waals surface area contributed by atoms with Crippen molar-refractivity contribution >= 4 is 11.9 Å². The first-order chi connectivity index (χ1) is 6.24. The van der Waals surface area contributed by atoms with Gasteiger partial charge in [0.25, 0.3) is 0 Å². The predicted molar refractivity (Wildman–Crippen MR) is 61.0 cm³/mol. The van der Waals surface area contributed by atoms with Crippen LogP contribution < -0.4 is 4.72 Å². The molecule has 13 heavy (non-hydrogen) atoms. The second kappa shape index (κ2) is 5.89. The molecule has 1 heterocycles. The van der Waals surface area contributed by atoms with Crippen molar-refractivity contribution in [3.05, 3.63) is 0 Å². The standard InChI is InChI=1S/C10H22N2S/c1-9(2)12-7-4-5-10(6-8-12)11-13-3/h9-11H,4-8H2,1-3H3. The Morgan fingerprint density at radius 2 is 2.08 bits per heavy atom. The van der Waals surface area contributed by atoms with E-state index >= 15 is 0 Å². The van der Waals surface area contributed by atoms with Gasteiger partial charge in [-0.2, -0.15) is 0 Å². The quantitative estimate of drug-likeness (QED) is 0.706. The summed E-state index contributed by atoms with van der Waals surface area (Å²) in [6, 6.07) is 1.45. The first-order valence-corrected chi connectivity index (χ1v) is 6.49. The molecule has 0 aromatic carbocycles. The third-order valence-electron chi connectivity index (χ3n) is 2.78. The molecule has 1 atom stereocenters. The Bertz CT molecular complexity index is 139. The zero-order valence-corrected chi connectivity index (χ0v) is 9.86. The summed E-state index contributed by atoms with van der Waals surface area (Å²) >= 11 is 1.76. The van der Waals surface area contributed by atoms with E-state index in [4.69, 9.17) is 0 Å². The Kier molecular flexibility index (Phi) is 5.14. The van der Waals surface area contributed by atoms with Crippen molar-refractivity contribution in [1.82, 2.24) is 9.62 Å². The lowest BCUT2D eigenvalue weighted by Crippen LogP contribution is -2.32. The number of rotatable bonds is 3. The summed E-state index contributed by atoms with van der Waals surface area (Å²) in [5.41, 5.74) is 0. The van der Waals surface area contributed by atoms with Crippen LogP contribution in [0.2, 0.25) is 0 Å². The van der Waals surface area contributed by atoms with Gasteiger partial charge in [0.2, 0.25) is 0 Å². The van der Waals surface area contributed by atoms with Crippen molar-refractivity contribution in [3.63, 3.8) is 0 Å². The van der Waals surface area contributed by atoms with E-state index in [0.29, 0.717) is 6.04 Å². The van der Waals surface area contributed by atoms with Crippen LogP contribution in [0.3, 0.4) is 0 Å². The predicted octanol–water partition coefficient (Wildman–Crippen LogP) is 2.12. The van der Waals surface area contributed by atoms with Gasteiger partial charge < -0.3 is 4.90 Å². The fourth-order valence-corrected chi connectivity index (χ4v) is 2.49. The summed E-state index contributed by atoms with van der Waals surface area (Å²) in [5, 5.41) is 0. The van der Waals surface area contributed by atoms with Gasteiger partial charge in [-0.25, -0.2) is 0 Å². The molecule has 1 saturated heterocycles. The lowest BCUT2D eigenvalue weighted by Gasteiger charge is -2.24. The normalized spacial score (nSPS) is 26.3. The molecule has 0 saturated carbocycles. The Balaban J connectivity index is 2.30. The molecule has 1 rings (SSSR count). The summed E-state index contributed by atoms with van der Waals surface area (Å²) in [6.45, 7) is 7.13. The van der Waals surface area contributed by atoms with Gasteiger partial charge in [0, 0.05) is 12.1 Å². The molecule has 0 aromatic heterocycles. The van der Waals surface area contributed by atoms with Gasteiger partial charge in [-0.05, 0) is 52.5 Å². The minimum Gasteiger partial charge on any atom is -0.301 e. The van der Waals surface area contributed by atoms with E-state index in [-0.39, 0.29) is 0 Å². The highest BCUT2D eigenvalue weighted by Gasteiger charge is 2.17. The molecule has 0 amide bonds. The number of hydrogen-bond donors (Lipinski definition) is 1. The number of hydrogen-bond acceptors (Lipinski definition) is 3. The maximum absolute atomic E-state index is 3.47. The summed E-state index contributed by atoms with van der Waals surface area (Å²) in [4.78, 5) is 2.59. The molecule has 0 spiro atoms. The fourth-order valence-electron chi connectivity index (χ4n) is 1.92. The third-order valence-corrected chi connectivity index (χ3v) is 3.35. The van der Waals surface area contributed by atoms with E-state index in [9.17, 15) is 0 Å². The lowest BCUT2D eigenvalue weighted by molar-refractivity contribution is 0.230. The third kappa shape index (κ3) is 3.88. The number of nitrogens with one attached hydrogen (secondary N) is 1. The van der Waals surface area contributed by atoms with Crippen LogP contribution in [0.15, 0.2) is 0 Å². The summed E-state index contributed by atoms with van der Waals surface area (Å²) in [6.07, 6.45) is 6.10. The van der Waals surface area contributed by atoms with E-state index in [1.807, 2.05) is 0 Å². The molecule has 0 radical (unpaired) electrons. The van der Waals surface area contributed by atoms with Gasteiger partial charge in [-0.1, -0.05) is 11.9 Å². The van der Waals surface area contributed by atoms with Gasteiger partial charge in [0.05, 0.1) is 0 Å². The van der Waals surface area contributed by atoms with Crippen molar-refractivity contribution in [2.75, 3.05) is 19.3 Å². The summed E-state index contributed by atoms with van der Waals surface area (Å²) in [5.74, 6) is 0. The van der Waals surface area contributed by atoms with Crippen LogP contribution in [0, 0.1) is 0 Å². The SMILES string of the molecule is CSNC1CCCN(C(C)C)CC1. The van der Waals surface area contributed by atoms with Crippen LogP contribution in [0.4, 0.5) is 0 Å². The van der Waals surface area contributed by atoms with E-state index in [1.54, 1.807) is 11.9 Å². The molecule has 3 heteroatoms. The van der Waals surface area contributed by atoms with Crippen molar-refractivity contribution in [1.29, 1.82) is 0 Å². The molecular weight excluding hydrogens is 180 g/mol. The van der Waals surface area contributed by atoms with E-state index in [0.717, 1.165) is 6.04 Å². The fraction of sp³-hybridized carbons (Fsp3) is 1.00. The van der Waals surface area contributed by atoms with Crippen LogP contribution in [0.25, 0.3) is 0 Å². The van der Waals surface area contributed by atoms with Crippen LogP contribution in [-0.2, 0) is 0 Å². The van der Waals surface area contributed by atoms with Crippen LogP contribution in [0.1, 0.15) is 33.1 Å². The number of nitrogens with zero attached hydrogens (tertiary/aromatic N) is 1. The molecule has 0 bridgehead atoms. The molecule has 2 nitrogen and oxygen atoms in total. The first kappa shape index (κ1) is 11.3. The van der Waals surface area contributed by atoms with Gasteiger partial charge in [-0.3, -0.25) is 4.72 Å². The van der Waals surface area contributed by atoms with E-state index < -0.39 is 0 Å². The van der Waals surface area contributed by atoms with E-state index in [2.05, 4.69) is 29.7 Å². The minimum absolute atomic E-state index is 0.716. The van der Waals surface area contributed by atoms with Crippen molar-refractivity contribution in [3.8, 4) is 0 Å². The highest BCUT2D eigenvalue weighted by atomic mass is 32.2. The highest BCUT2D eigenvalue weighted by molar-refractivity contribution is 7.96. The molecule has 78 valence electrons. The van der Waals surface area contributed by atoms with Crippen LogP contribution >= 0.6 is 11.9 Å². The molecular formula is C10H22N2S. The van der Waals surface area contributed by atoms with Gasteiger partial charge in [0.1, 0.15) is 0 Å². The average molecular weight is 202 g/mol. The van der Waals surface area contributed by atoms with Crippen LogP contribution in [0.5, 0.6) is 0 Å². The van der Waals surface area contributed by atoms with Gasteiger partial charge in [-0.15, -0.1) is 0 Å². The maximum Gasteiger partial charge on any atom is 0.0184 e. The smallest absolute Gasteiger partial charge is 0.0184 e. The average Bonchev–Trinajstić information content (AvgIpc) is 2.30. The highest BCUT2D eigenvalue weighted by Crippen LogP contribution is 2.14. The molecule has 0 aliphatic carbocycles. The minimum atomic E-state index is 0.716. The second-order valence-corrected chi connectivity index (χ2v) is 4.72. The monoisotopic (exact) mass is 202 g/mol. The first-order valence-electron chi connectivity index (χ1n) is 5.26. The topological polar surface area (TPSA) is 15.3 Å². The zero-order valence-electron chi connectivity index (χ0n) is 9.05. The Morgan fingerprint density at radius 1 is 1.31 bits per heavy atom. The second-order valence-electron chi connectivity index (χ2n) is 4.08. The van der Waals surface area contributed by atoms with Crippen molar-refractivity contribution in [2.45, 2.75) is 45.2 Å². The molecule has 1 aliphatic heterocycles.